The standard InChI is InChI=1S/C5H5ClN2OS.BrH/c6-1-4(9)3-2-10-5(7)8-3;/h2H,1H2,(H2,7,8);1H. The van der Waals surface area contributed by atoms with Crippen molar-refractivity contribution in [3.05, 3.63) is 11.1 Å². The highest BCUT2D eigenvalue weighted by Crippen LogP contribution is 2.11. The Morgan fingerprint density at radius 1 is 1.82 bits per heavy atom. The summed E-state index contributed by atoms with van der Waals surface area (Å²) in [5, 5.41) is 1.99. The molecule has 0 aromatic carbocycles. The van der Waals surface area contributed by atoms with Gasteiger partial charge < -0.3 is 5.73 Å². The van der Waals surface area contributed by atoms with Crippen molar-refractivity contribution in [2.75, 3.05) is 11.6 Å². The summed E-state index contributed by atoms with van der Waals surface area (Å²) in [6.45, 7) is 0. The number of thiazole rings is 1. The molecule has 0 aliphatic rings. The first kappa shape index (κ1) is 10.9. The Hall–Kier alpha value is -0.130. The molecule has 0 saturated carbocycles. The van der Waals surface area contributed by atoms with Crippen molar-refractivity contribution in [1.82, 2.24) is 4.98 Å². The fraction of sp³-hybridized carbons (Fsp3) is 0.200. The van der Waals surface area contributed by atoms with Crippen LogP contribution in [0.5, 0.6) is 0 Å². The fourth-order valence-electron chi connectivity index (χ4n) is 0.484. The Bertz CT molecular complexity index is 252. The maximum Gasteiger partial charge on any atom is 0.196 e. The lowest BCUT2D eigenvalue weighted by atomic mass is 10.4. The summed E-state index contributed by atoms with van der Waals surface area (Å²) in [6.07, 6.45) is 0. The molecule has 0 spiro atoms. The van der Waals surface area contributed by atoms with Crippen molar-refractivity contribution in [3.63, 3.8) is 0 Å². The second-order valence-corrected chi connectivity index (χ2v) is 2.78. The van der Waals surface area contributed by atoms with Gasteiger partial charge in [-0.05, 0) is 0 Å². The Morgan fingerprint density at radius 3 is 2.82 bits per heavy atom. The minimum absolute atomic E-state index is 0. The first-order valence-electron chi connectivity index (χ1n) is 2.54. The zero-order valence-electron chi connectivity index (χ0n) is 5.41. The van der Waals surface area contributed by atoms with Gasteiger partial charge in [-0.3, -0.25) is 4.79 Å². The van der Waals surface area contributed by atoms with Crippen LogP contribution in [-0.4, -0.2) is 16.6 Å². The van der Waals surface area contributed by atoms with E-state index in [1.807, 2.05) is 0 Å². The van der Waals surface area contributed by atoms with Gasteiger partial charge in [-0.2, -0.15) is 0 Å². The number of hydrogen-bond acceptors (Lipinski definition) is 4. The van der Waals surface area contributed by atoms with Crippen molar-refractivity contribution >= 4 is 50.8 Å². The molecule has 1 aromatic rings. The number of nitrogens with two attached hydrogens (primary N) is 1. The molecule has 0 aliphatic carbocycles. The van der Waals surface area contributed by atoms with E-state index in [1.165, 1.54) is 11.3 Å². The maximum absolute atomic E-state index is 10.8. The zero-order chi connectivity index (χ0) is 7.56. The van der Waals surface area contributed by atoms with Gasteiger partial charge in [0.2, 0.25) is 0 Å². The van der Waals surface area contributed by atoms with Crippen molar-refractivity contribution in [2.45, 2.75) is 0 Å². The van der Waals surface area contributed by atoms with Crippen LogP contribution >= 0.6 is 39.9 Å². The molecule has 1 rings (SSSR count). The number of anilines is 1. The first-order valence-corrected chi connectivity index (χ1v) is 3.95. The van der Waals surface area contributed by atoms with Crippen LogP contribution in [0, 0.1) is 0 Å². The molecule has 2 N–H and O–H groups in total. The third-order valence-electron chi connectivity index (χ3n) is 0.929. The molecule has 0 fully saturated rings. The molecule has 0 saturated heterocycles. The van der Waals surface area contributed by atoms with Gasteiger partial charge in [-0.15, -0.1) is 39.9 Å². The lowest BCUT2D eigenvalue weighted by molar-refractivity contribution is 0.101. The number of Topliss-reactive ketones (excluding diaryl/α,β-unsaturated/α-hetero) is 1. The number of nitrogen functional groups attached to an aromatic ring is 1. The summed E-state index contributed by atoms with van der Waals surface area (Å²) in [7, 11) is 0. The molecule has 11 heavy (non-hydrogen) atoms. The topological polar surface area (TPSA) is 56.0 Å². The lowest BCUT2D eigenvalue weighted by Gasteiger charge is -1.84. The molecule has 6 heteroatoms. The normalized spacial score (nSPS) is 8.82. The number of alkyl halides is 1. The van der Waals surface area contributed by atoms with E-state index in [0.717, 1.165) is 0 Å². The maximum atomic E-state index is 10.8. The molecule has 1 heterocycles. The number of ketones is 1. The SMILES string of the molecule is Br.Nc1nc(C(=O)CCl)cs1. The van der Waals surface area contributed by atoms with E-state index < -0.39 is 0 Å². The molecule has 0 aliphatic heterocycles. The number of hydrogen-bond donors (Lipinski definition) is 1. The van der Waals surface area contributed by atoms with Crippen LogP contribution in [0.3, 0.4) is 0 Å². The van der Waals surface area contributed by atoms with Crippen LogP contribution < -0.4 is 5.73 Å². The van der Waals surface area contributed by atoms with Gasteiger partial charge >= 0.3 is 0 Å². The largest absolute Gasteiger partial charge is 0.375 e. The number of halogens is 2. The summed E-state index contributed by atoms with van der Waals surface area (Å²) in [5.41, 5.74) is 5.64. The van der Waals surface area contributed by atoms with Crippen molar-refractivity contribution in [1.29, 1.82) is 0 Å². The van der Waals surface area contributed by atoms with Gasteiger partial charge in [-0.1, -0.05) is 0 Å². The summed E-state index contributed by atoms with van der Waals surface area (Å²) < 4.78 is 0. The van der Waals surface area contributed by atoms with E-state index in [-0.39, 0.29) is 28.6 Å². The van der Waals surface area contributed by atoms with E-state index in [1.54, 1.807) is 5.38 Å². The Labute approximate surface area is 83.3 Å². The van der Waals surface area contributed by atoms with Crippen LogP contribution in [0.2, 0.25) is 0 Å². The molecular formula is C5H6BrClN2OS. The molecule has 62 valence electrons. The lowest BCUT2D eigenvalue weighted by Crippen LogP contribution is -2.00. The molecule has 0 unspecified atom stereocenters. The minimum atomic E-state index is -0.186. The van der Waals surface area contributed by atoms with Crippen LogP contribution in [0.1, 0.15) is 10.5 Å². The van der Waals surface area contributed by atoms with Gasteiger partial charge in [0.25, 0.3) is 0 Å². The van der Waals surface area contributed by atoms with E-state index >= 15 is 0 Å². The first-order chi connectivity index (χ1) is 4.74. The third kappa shape index (κ3) is 2.76. The average Bonchev–Trinajstić information content (AvgIpc) is 2.34. The zero-order valence-corrected chi connectivity index (χ0v) is 8.70. The van der Waals surface area contributed by atoms with Crippen LogP contribution in [0.25, 0.3) is 0 Å². The van der Waals surface area contributed by atoms with Gasteiger partial charge in [0.15, 0.2) is 10.9 Å². The number of carbonyl (C=O) groups is 1. The van der Waals surface area contributed by atoms with Crippen LogP contribution in [0.4, 0.5) is 5.13 Å². The van der Waals surface area contributed by atoms with Crippen molar-refractivity contribution < 1.29 is 4.79 Å². The van der Waals surface area contributed by atoms with E-state index in [4.69, 9.17) is 17.3 Å². The molecule has 1 aromatic heterocycles. The summed E-state index contributed by atoms with van der Waals surface area (Å²) in [5.74, 6) is -0.224. The second-order valence-electron chi connectivity index (χ2n) is 1.63. The molecule has 0 amide bonds. The molecular weight excluding hydrogens is 251 g/mol. The van der Waals surface area contributed by atoms with Gasteiger partial charge in [-0.25, -0.2) is 4.98 Å². The smallest absolute Gasteiger partial charge is 0.196 e. The van der Waals surface area contributed by atoms with Crippen molar-refractivity contribution in [2.24, 2.45) is 0 Å². The second kappa shape index (κ2) is 4.69. The molecule has 0 radical (unpaired) electrons. The number of rotatable bonds is 2. The summed E-state index contributed by atoms with van der Waals surface area (Å²) in [6, 6.07) is 0. The van der Waals surface area contributed by atoms with E-state index in [9.17, 15) is 4.79 Å². The monoisotopic (exact) mass is 256 g/mol. The van der Waals surface area contributed by atoms with E-state index in [0.29, 0.717) is 10.8 Å². The number of aromatic nitrogens is 1. The number of nitrogens with zero attached hydrogens (tertiary/aromatic N) is 1. The fourth-order valence-corrected chi connectivity index (χ4v) is 1.19. The van der Waals surface area contributed by atoms with Crippen LogP contribution in [-0.2, 0) is 0 Å². The Kier molecular flexibility index (Phi) is 4.63. The van der Waals surface area contributed by atoms with Gasteiger partial charge in [0.05, 0.1) is 5.88 Å². The quantitative estimate of drug-likeness (QED) is 0.648. The Balaban J connectivity index is 0.000001000. The van der Waals surface area contributed by atoms with E-state index in [2.05, 4.69) is 4.98 Å². The summed E-state index contributed by atoms with van der Waals surface area (Å²) >= 11 is 6.51. The van der Waals surface area contributed by atoms with Gasteiger partial charge in [0.1, 0.15) is 5.69 Å². The number of carbonyl (C=O) groups excluding carboxylic acids is 1. The highest BCUT2D eigenvalue weighted by atomic mass is 79.9. The summed E-state index contributed by atoms with van der Waals surface area (Å²) in [4.78, 5) is 14.5. The third-order valence-corrected chi connectivity index (χ3v) is 1.85. The molecule has 3 nitrogen and oxygen atoms in total. The van der Waals surface area contributed by atoms with Crippen molar-refractivity contribution in [3.8, 4) is 0 Å². The molecule has 0 bridgehead atoms. The predicted molar refractivity (Wildman–Crippen MR) is 51.9 cm³/mol. The minimum Gasteiger partial charge on any atom is -0.375 e. The van der Waals surface area contributed by atoms with Gasteiger partial charge in [0, 0.05) is 5.38 Å². The molecule has 0 atom stereocenters. The highest BCUT2D eigenvalue weighted by Gasteiger charge is 2.06. The Morgan fingerprint density at radius 2 is 2.45 bits per heavy atom. The highest BCUT2D eigenvalue weighted by molar-refractivity contribution is 8.93. The predicted octanol–water partition coefficient (Wildman–Crippen LogP) is 1.72. The van der Waals surface area contributed by atoms with Crippen LogP contribution in [0.15, 0.2) is 5.38 Å². The average molecular weight is 258 g/mol.